The Morgan fingerprint density at radius 3 is 2.94 bits per heavy atom. The van der Waals surface area contributed by atoms with E-state index in [2.05, 4.69) is 17.1 Å². The van der Waals surface area contributed by atoms with Gasteiger partial charge in [-0.1, -0.05) is 31.5 Å². The molecule has 5 heteroatoms. The molecule has 1 N–H and O–H groups in total. The van der Waals surface area contributed by atoms with Crippen molar-refractivity contribution in [2.24, 2.45) is 0 Å². The first kappa shape index (κ1) is 11.9. The summed E-state index contributed by atoms with van der Waals surface area (Å²) in [5.74, 6) is 0.704. The van der Waals surface area contributed by atoms with Crippen LogP contribution in [0.3, 0.4) is 0 Å². The van der Waals surface area contributed by atoms with Crippen LogP contribution in [0.5, 0.6) is 0 Å². The maximum absolute atomic E-state index is 9.83. The average molecular weight is 242 g/mol. The number of hydrogen-bond donors (Lipinski definition) is 1. The molecule has 16 heavy (non-hydrogen) atoms. The molecule has 1 aromatic rings. The fourth-order valence-corrected chi connectivity index (χ4v) is 3.01. The van der Waals surface area contributed by atoms with E-state index < -0.39 is 0 Å². The minimum absolute atomic E-state index is 0.222. The number of aliphatic hydroxyl groups is 1. The molecule has 0 spiro atoms. The minimum atomic E-state index is -0.222. The molecule has 0 aliphatic heterocycles. The van der Waals surface area contributed by atoms with Gasteiger partial charge >= 0.3 is 0 Å². The zero-order valence-corrected chi connectivity index (χ0v) is 10.4. The third kappa shape index (κ3) is 2.98. The molecule has 0 bridgehead atoms. The van der Waals surface area contributed by atoms with E-state index in [-0.39, 0.29) is 11.4 Å². The molecule has 1 aromatic heterocycles. The Kier molecular flexibility index (Phi) is 4.23. The molecule has 1 aliphatic carbocycles. The molecule has 4 nitrogen and oxygen atoms in total. The second-order valence-electron chi connectivity index (χ2n) is 4.22. The van der Waals surface area contributed by atoms with Gasteiger partial charge in [0.05, 0.1) is 6.10 Å². The maximum atomic E-state index is 9.83. The highest BCUT2D eigenvalue weighted by Crippen LogP contribution is 2.33. The molecule has 1 saturated carbocycles. The Hall–Kier alpha value is -0.550. The van der Waals surface area contributed by atoms with Crippen LogP contribution in [0.25, 0.3) is 0 Å². The largest absolute Gasteiger partial charge is 0.416 e. The van der Waals surface area contributed by atoms with Crippen LogP contribution in [-0.4, -0.2) is 26.7 Å². The van der Waals surface area contributed by atoms with Crippen LogP contribution in [-0.2, 0) is 6.42 Å². The van der Waals surface area contributed by atoms with Gasteiger partial charge in [0.1, 0.15) is 0 Å². The van der Waals surface area contributed by atoms with Gasteiger partial charge in [0.15, 0.2) is 0 Å². The third-order valence-corrected chi connectivity index (χ3v) is 4.05. The van der Waals surface area contributed by atoms with Crippen LogP contribution in [0.1, 0.15) is 44.9 Å². The first-order valence-electron chi connectivity index (χ1n) is 5.96. The van der Waals surface area contributed by atoms with Gasteiger partial charge in [-0.25, -0.2) is 0 Å². The predicted molar refractivity (Wildman–Crippen MR) is 62.4 cm³/mol. The number of nitrogens with zero attached hydrogens (tertiary/aromatic N) is 2. The normalized spacial score (nSPS) is 25.9. The van der Waals surface area contributed by atoms with Gasteiger partial charge in [0, 0.05) is 11.7 Å². The van der Waals surface area contributed by atoms with Crippen LogP contribution in [0, 0.1) is 0 Å². The van der Waals surface area contributed by atoms with E-state index in [0.29, 0.717) is 11.1 Å². The van der Waals surface area contributed by atoms with E-state index in [1.54, 1.807) is 0 Å². The summed E-state index contributed by atoms with van der Waals surface area (Å²) in [5.41, 5.74) is 0. The second-order valence-corrected chi connectivity index (χ2v) is 5.41. The molecule has 2 atom stereocenters. The van der Waals surface area contributed by atoms with Crippen molar-refractivity contribution in [3.8, 4) is 0 Å². The summed E-state index contributed by atoms with van der Waals surface area (Å²) < 4.78 is 5.50. The molecule has 2 unspecified atom stereocenters. The first-order valence-corrected chi connectivity index (χ1v) is 6.84. The Morgan fingerprint density at radius 1 is 1.38 bits per heavy atom. The lowest BCUT2D eigenvalue weighted by Gasteiger charge is -2.25. The van der Waals surface area contributed by atoms with Crippen LogP contribution in [0.2, 0.25) is 0 Å². The van der Waals surface area contributed by atoms with Crippen molar-refractivity contribution in [1.82, 2.24) is 10.2 Å². The third-order valence-electron chi connectivity index (χ3n) is 2.83. The lowest BCUT2D eigenvalue weighted by molar-refractivity contribution is 0.136. The van der Waals surface area contributed by atoms with E-state index >= 15 is 0 Å². The van der Waals surface area contributed by atoms with Gasteiger partial charge in [-0.2, -0.15) is 0 Å². The first-order chi connectivity index (χ1) is 7.79. The molecule has 2 rings (SSSR count). The fraction of sp³-hybridized carbons (Fsp3) is 0.818. The number of aryl methyl sites for hydroxylation is 1. The molecule has 90 valence electrons. The number of thioether (sulfide) groups is 1. The smallest absolute Gasteiger partial charge is 0.276 e. The lowest BCUT2D eigenvalue weighted by atomic mass is 9.97. The highest BCUT2D eigenvalue weighted by molar-refractivity contribution is 7.99. The van der Waals surface area contributed by atoms with E-state index in [9.17, 15) is 5.11 Å². The molecular formula is C11H18N2O2S. The van der Waals surface area contributed by atoms with Crippen LogP contribution in [0.15, 0.2) is 9.64 Å². The van der Waals surface area contributed by atoms with Crippen molar-refractivity contribution in [1.29, 1.82) is 0 Å². The minimum Gasteiger partial charge on any atom is -0.416 e. The summed E-state index contributed by atoms with van der Waals surface area (Å²) in [6.07, 6.45) is 5.87. The van der Waals surface area contributed by atoms with Gasteiger partial charge in [0.25, 0.3) is 5.22 Å². The summed E-state index contributed by atoms with van der Waals surface area (Å²) in [5, 5.41) is 18.6. The summed E-state index contributed by atoms with van der Waals surface area (Å²) in [6, 6.07) is 0. The monoisotopic (exact) mass is 242 g/mol. The quantitative estimate of drug-likeness (QED) is 0.878. The molecule has 0 aromatic carbocycles. The van der Waals surface area contributed by atoms with E-state index in [0.717, 1.165) is 32.1 Å². The summed E-state index contributed by atoms with van der Waals surface area (Å²) in [7, 11) is 0. The van der Waals surface area contributed by atoms with Crippen molar-refractivity contribution >= 4 is 11.8 Å². The van der Waals surface area contributed by atoms with Crippen molar-refractivity contribution < 1.29 is 9.52 Å². The maximum Gasteiger partial charge on any atom is 0.276 e. The predicted octanol–water partition coefficient (Wildman–Crippen LogP) is 2.42. The second kappa shape index (κ2) is 5.68. The standard InChI is InChI=1S/C11H18N2O2S/c1-2-5-10-12-13-11(15-10)16-9-7-4-3-6-8(9)14/h8-9,14H,2-7H2,1H3. The zero-order valence-electron chi connectivity index (χ0n) is 9.56. The Morgan fingerprint density at radius 2 is 2.19 bits per heavy atom. The van der Waals surface area contributed by atoms with Crippen LogP contribution < -0.4 is 0 Å². The number of aromatic nitrogens is 2. The fourth-order valence-electron chi connectivity index (χ4n) is 1.94. The van der Waals surface area contributed by atoms with Crippen molar-refractivity contribution in [3.05, 3.63) is 5.89 Å². The van der Waals surface area contributed by atoms with E-state index in [1.807, 2.05) is 0 Å². The van der Waals surface area contributed by atoms with E-state index in [1.165, 1.54) is 18.2 Å². The topological polar surface area (TPSA) is 59.2 Å². The van der Waals surface area contributed by atoms with Crippen molar-refractivity contribution in [3.63, 3.8) is 0 Å². The van der Waals surface area contributed by atoms with Crippen molar-refractivity contribution in [2.75, 3.05) is 0 Å². The highest BCUT2D eigenvalue weighted by Gasteiger charge is 2.25. The van der Waals surface area contributed by atoms with Gasteiger partial charge < -0.3 is 9.52 Å². The number of aliphatic hydroxyl groups excluding tert-OH is 1. The summed E-state index contributed by atoms with van der Waals surface area (Å²) in [4.78, 5) is 0. The molecular weight excluding hydrogens is 224 g/mol. The molecule has 1 fully saturated rings. The van der Waals surface area contributed by atoms with E-state index in [4.69, 9.17) is 4.42 Å². The molecule has 1 aliphatic rings. The SMILES string of the molecule is CCCc1nnc(SC2CCCCC2O)o1. The molecule has 0 amide bonds. The average Bonchev–Trinajstić information content (AvgIpc) is 2.70. The Balaban J connectivity index is 1.91. The lowest BCUT2D eigenvalue weighted by Crippen LogP contribution is -2.26. The van der Waals surface area contributed by atoms with Crippen LogP contribution in [0.4, 0.5) is 0 Å². The van der Waals surface area contributed by atoms with Gasteiger partial charge in [-0.3, -0.25) is 0 Å². The highest BCUT2D eigenvalue weighted by atomic mass is 32.2. The summed E-state index contributed by atoms with van der Waals surface area (Å²) >= 11 is 1.53. The zero-order chi connectivity index (χ0) is 11.4. The summed E-state index contributed by atoms with van der Waals surface area (Å²) in [6.45, 7) is 2.09. The molecule has 1 heterocycles. The molecule has 0 saturated heterocycles. The van der Waals surface area contributed by atoms with Crippen molar-refractivity contribution in [2.45, 2.75) is 62.0 Å². The van der Waals surface area contributed by atoms with Gasteiger partial charge in [0.2, 0.25) is 5.89 Å². The van der Waals surface area contributed by atoms with Gasteiger partial charge in [-0.15, -0.1) is 10.2 Å². The van der Waals surface area contributed by atoms with Gasteiger partial charge in [-0.05, 0) is 19.3 Å². The Bertz CT molecular complexity index is 330. The molecule has 0 radical (unpaired) electrons. The Labute approximate surface area is 99.8 Å². The number of hydrogen-bond acceptors (Lipinski definition) is 5. The van der Waals surface area contributed by atoms with Crippen LogP contribution >= 0.6 is 11.8 Å². The number of rotatable bonds is 4.